The van der Waals surface area contributed by atoms with E-state index in [1.165, 1.54) is 33.4 Å². The molecule has 1 aliphatic carbocycles. The highest BCUT2D eigenvalue weighted by molar-refractivity contribution is 7.56. The number of rotatable bonds is 14. The summed E-state index contributed by atoms with van der Waals surface area (Å²) in [6.45, 7) is 4.45. The summed E-state index contributed by atoms with van der Waals surface area (Å²) >= 11 is 0. The average molecular weight is 621 g/mol. The van der Waals surface area contributed by atoms with Crippen LogP contribution in [0.15, 0.2) is 133 Å². The van der Waals surface area contributed by atoms with Crippen molar-refractivity contribution in [2.45, 2.75) is 45.4 Å². The second kappa shape index (κ2) is 16.4. The van der Waals surface area contributed by atoms with E-state index in [2.05, 4.69) is 98.8 Å². The zero-order valence-corrected chi connectivity index (χ0v) is 27.9. The zero-order valence-electron chi connectivity index (χ0n) is 26.0. The third-order valence-electron chi connectivity index (χ3n) is 7.88. The molecule has 0 N–H and O–H groups in total. The molecule has 226 valence electrons. The Morgan fingerprint density at radius 1 is 0.614 bits per heavy atom. The Hall–Kier alpha value is -3.64. The van der Waals surface area contributed by atoms with Crippen molar-refractivity contribution in [3.63, 3.8) is 0 Å². The van der Waals surface area contributed by atoms with Gasteiger partial charge in [0.1, 0.15) is 17.2 Å². The van der Waals surface area contributed by atoms with Gasteiger partial charge >= 0.3 is 0 Å². The molecule has 4 aromatic carbocycles. The maximum absolute atomic E-state index is 6.24. The standard InChI is InChI=1S/C39H42O3P2/c1-4-30-11-10-12-32(20-17-30)27-44(28-33-21-18-31(5-2)19-22-33)29-34-13-6-7-14-37(34)38-15-8-9-16-39(38)42-43-41-36-25-23-35(40-3)24-26-36/h6-9,11-26,43H,4-5,10,27-29H2,1-3H3. The summed E-state index contributed by atoms with van der Waals surface area (Å²) in [6, 6.07) is 34.0. The predicted octanol–water partition coefficient (Wildman–Crippen LogP) is 11.3. The van der Waals surface area contributed by atoms with Crippen LogP contribution in [-0.2, 0) is 18.7 Å². The van der Waals surface area contributed by atoms with Crippen LogP contribution < -0.4 is 13.8 Å². The highest BCUT2D eigenvalue weighted by Gasteiger charge is 2.17. The lowest BCUT2D eigenvalue weighted by Crippen LogP contribution is -1.98. The molecule has 0 saturated heterocycles. The lowest BCUT2D eigenvalue weighted by Gasteiger charge is -2.22. The smallest absolute Gasteiger partial charge is 0.275 e. The number of hydrogen-bond donors (Lipinski definition) is 0. The molecule has 5 heteroatoms. The van der Waals surface area contributed by atoms with Gasteiger partial charge in [0.25, 0.3) is 9.03 Å². The molecule has 44 heavy (non-hydrogen) atoms. The summed E-state index contributed by atoms with van der Waals surface area (Å²) in [5.41, 5.74) is 9.40. The molecule has 0 fully saturated rings. The van der Waals surface area contributed by atoms with E-state index in [9.17, 15) is 0 Å². The normalized spacial score (nSPS) is 13.7. The number of ether oxygens (including phenoxy) is 1. The first-order valence-corrected chi connectivity index (χ1v) is 18.1. The monoisotopic (exact) mass is 620 g/mol. The van der Waals surface area contributed by atoms with Gasteiger partial charge in [-0.05, 0) is 95.9 Å². The molecule has 0 heterocycles. The molecular weight excluding hydrogens is 578 g/mol. The minimum atomic E-state index is -0.359. The van der Waals surface area contributed by atoms with Crippen molar-refractivity contribution >= 4 is 17.0 Å². The minimum absolute atomic E-state index is 0.159. The second-order valence-electron chi connectivity index (χ2n) is 10.9. The molecule has 4 aromatic rings. The fourth-order valence-corrected chi connectivity index (χ4v) is 8.47. The first-order chi connectivity index (χ1) is 21.6. The van der Waals surface area contributed by atoms with Gasteiger partial charge < -0.3 is 13.8 Å². The van der Waals surface area contributed by atoms with Gasteiger partial charge in [-0.3, -0.25) is 0 Å². The molecule has 1 aliphatic rings. The number of aryl methyl sites for hydroxylation is 1. The third-order valence-corrected chi connectivity index (χ3v) is 10.9. The Labute approximate surface area is 266 Å². The fourth-order valence-electron chi connectivity index (χ4n) is 5.35. The molecule has 0 aliphatic heterocycles. The lowest BCUT2D eigenvalue weighted by molar-refractivity contribution is 0.414. The van der Waals surface area contributed by atoms with E-state index in [-0.39, 0.29) is 17.0 Å². The van der Waals surface area contributed by atoms with Crippen LogP contribution in [0.5, 0.6) is 17.2 Å². The molecule has 2 unspecified atom stereocenters. The number of hydrogen-bond acceptors (Lipinski definition) is 3. The third kappa shape index (κ3) is 8.95. The van der Waals surface area contributed by atoms with Gasteiger partial charge in [0, 0.05) is 5.56 Å². The van der Waals surface area contributed by atoms with E-state index in [0.717, 1.165) is 60.6 Å². The molecule has 0 radical (unpaired) electrons. The van der Waals surface area contributed by atoms with Crippen molar-refractivity contribution < 1.29 is 13.8 Å². The summed E-state index contributed by atoms with van der Waals surface area (Å²) in [6.07, 6.45) is 15.9. The van der Waals surface area contributed by atoms with Crippen molar-refractivity contribution in [3.05, 3.63) is 149 Å². The average Bonchev–Trinajstić information content (AvgIpc) is 3.31. The molecule has 0 bridgehead atoms. The van der Waals surface area contributed by atoms with Crippen LogP contribution in [0.2, 0.25) is 0 Å². The first-order valence-electron chi connectivity index (χ1n) is 15.4. The zero-order chi connectivity index (χ0) is 30.6. The highest BCUT2D eigenvalue weighted by atomic mass is 31.1. The quantitative estimate of drug-likeness (QED) is 0.131. The topological polar surface area (TPSA) is 27.7 Å². The van der Waals surface area contributed by atoms with Crippen LogP contribution in [-0.4, -0.2) is 13.3 Å². The van der Waals surface area contributed by atoms with Gasteiger partial charge in [-0.15, -0.1) is 0 Å². The molecule has 0 spiro atoms. The Kier molecular flexibility index (Phi) is 11.9. The van der Waals surface area contributed by atoms with Crippen LogP contribution in [0.3, 0.4) is 0 Å². The van der Waals surface area contributed by atoms with E-state index in [4.69, 9.17) is 13.8 Å². The van der Waals surface area contributed by atoms with E-state index in [1.54, 1.807) is 7.11 Å². The largest absolute Gasteiger partial charge is 0.497 e. The molecule has 0 amide bonds. The summed E-state index contributed by atoms with van der Waals surface area (Å²) in [7, 11) is 1.14. The van der Waals surface area contributed by atoms with Gasteiger partial charge in [-0.1, -0.05) is 118 Å². The number of allylic oxidation sites excluding steroid dienone is 6. The van der Waals surface area contributed by atoms with E-state index < -0.39 is 0 Å². The highest BCUT2D eigenvalue weighted by Crippen LogP contribution is 2.48. The van der Waals surface area contributed by atoms with Crippen molar-refractivity contribution in [1.29, 1.82) is 0 Å². The number of methoxy groups -OCH3 is 1. The maximum Gasteiger partial charge on any atom is 0.275 e. The Morgan fingerprint density at radius 3 is 2.02 bits per heavy atom. The molecule has 0 saturated carbocycles. The summed E-state index contributed by atoms with van der Waals surface area (Å²) in [5.74, 6) is 2.39. The van der Waals surface area contributed by atoms with Gasteiger partial charge in [-0.25, -0.2) is 0 Å². The van der Waals surface area contributed by atoms with Gasteiger partial charge in [0.15, 0.2) is 0 Å². The van der Waals surface area contributed by atoms with Gasteiger partial charge in [0.05, 0.1) is 7.11 Å². The van der Waals surface area contributed by atoms with Crippen molar-refractivity contribution in [2.75, 3.05) is 13.3 Å². The summed E-state index contributed by atoms with van der Waals surface area (Å²) < 4.78 is 17.4. The van der Waals surface area contributed by atoms with Crippen LogP contribution in [0.1, 0.15) is 43.4 Å². The van der Waals surface area contributed by atoms with Crippen molar-refractivity contribution in [3.8, 4) is 28.4 Å². The predicted molar refractivity (Wildman–Crippen MR) is 190 cm³/mol. The van der Waals surface area contributed by atoms with Crippen LogP contribution in [0, 0.1) is 0 Å². The first kappa shape index (κ1) is 31.8. The lowest BCUT2D eigenvalue weighted by atomic mass is 10.00. The Morgan fingerprint density at radius 2 is 1.27 bits per heavy atom. The second-order valence-corrected chi connectivity index (χ2v) is 13.8. The van der Waals surface area contributed by atoms with E-state index in [1.807, 2.05) is 36.4 Å². The number of benzene rings is 4. The Balaban J connectivity index is 1.37. The Bertz CT molecular complexity index is 1590. The molecule has 2 atom stereocenters. The minimum Gasteiger partial charge on any atom is -0.497 e. The van der Waals surface area contributed by atoms with Crippen LogP contribution in [0.4, 0.5) is 0 Å². The van der Waals surface area contributed by atoms with E-state index >= 15 is 0 Å². The summed E-state index contributed by atoms with van der Waals surface area (Å²) in [5, 5.41) is 0. The SMILES string of the molecule is CCC1=CCC=C(CP(Cc2ccc(CC)cc2)Cc2ccccc2-c2ccccc2OPOc2ccc(OC)cc2)C=C1. The summed E-state index contributed by atoms with van der Waals surface area (Å²) in [4.78, 5) is 0. The van der Waals surface area contributed by atoms with Crippen molar-refractivity contribution in [2.24, 2.45) is 0 Å². The molecule has 0 aromatic heterocycles. The fraction of sp³-hybridized carbons (Fsp3) is 0.231. The van der Waals surface area contributed by atoms with Crippen LogP contribution in [0.25, 0.3) is 11.1 Å². The molecular formula is C39H42O3P2. The molecule has 5 rings (SSSR count). The molecule has 3 nitrogen and oxygen atoms in total. The number of para-hydroxylation sites is 1. The van der Waals surface area contributed by atoms with Gasteiger partial charge in [0.2, 0.25) is 0 Å². The maximum atomic E-state index is 6.24. The van der Waals surface area contributed by atoms with Crippen LogP contribution >= 0.6 is 17.0 Å². The van der Waals surface area contributed by atoms with Gasteiger partial charge in [-0.2, -0.15) is 0 Å². The van der Waals surface area contributed by atoms with E-state index in [0.29, 0.717) is 0 Å². The van der Waals surface area contributed by atoms with Crippen molar-refractivity contribution in [1.82, 2.24) is 0 Å².